The summed E-state index contributed by atoms with van der Waals surface area (Å²) in [6.45, 7) is 4.08. The van der Waals surface area contributed by atoms with Crippen molar-refractivity contribution in [2.75, 3.05) is 10.6 Å². The van der Waals surface area contributed by atoms with Crippen LogP contribution in [0.15, 0.2) is 90.1 Å². The van der Waals surface area contributed by atoms with Crippen molar-refractivity contribution in [2.24, 2.45) is 0 Å². The molecule has 154 valence electrons. The first-order chi connectivity index (χ1) is 15.2. The molecule has 5 nitrogen and oxygen atoms in total. The third kappa shape index (κ3) is 3.38. The van der Waals surface area contributed by atoms with E-state index in [2.05, 4.69) is 46.4 Å². The first-order valence-electron chi connectivity index (χ1n) is 10.6. The van der Waals surface area contributed by atoms with Gasteiger partial charge in [0.2, 0.25) is 5.95 Å². The molecule has 4 aromatic rings. The molecule has 2 N–H and O–H groups in total. The number of para-hydroxylation sites is 3. The number of rotatable bonds is 4. The van der Waals surface area contributed by atoms with Crippen LogP contribution in [0.4, 0.5) is 11.6 Å². The number of aryl methyl sites for hydroxylation is 1. The summed E-state index contributed by atoms with van der Waals surface area (Å²) in [7, 11) is 0. The molecule has 1 atom stereocenters. The maximum absolute atomic E-state index is 13.5. The van der Waals surface area contributed by atoms with Gasteiger partial charge in [0.1, 0.15) is 0 Å². The maximum Gasteiger partial charge on any atom is 0.255 e. The minimum Gasteiger partial charge on any atom is -0.329 e. The van der Waals surface area contributed by atoms with Crippen LogP contribution in [0.5, 0.6) is 0 Å². The minimum atomic E-state index is -0.279. The van der Waals surface area contributed by atoms with E-state index in [9.17, 15) is 4.79 Å². The average molecular weight is 409 g/mol. The van der Waals surface area contributed by atoms with Crippen molar-refractivity contribution in [3.05, 3.63) is 101 Å². The zero-order chi connectivity index (χ0) is 21.4. The predicted octanol–water partition coefficient (Wildman–Crippen LogP) is 5.53. The Morgan fingerprint density at radius 2 is 1.71 bits per heavy atom. The van der Waals surface area contributed by atoms with E-state index in [0.717, 1.165) is 40.4 Å². The van der Waals surface area contributed by atoms with E-state index in [1.807, 2.05) is 61.5 Å². The number of carbonyl (C=O) groups excluding carboxylic acids is 1. The van der Waals surface area contributed by atoms with Crippen molar-refractivity contribution in [1.29, 1.82) is 0 Å². The molecule has 5 rings (SSSR count). The van der Waals surface area contributed by atoms with Crippen LogP contribution in [0.1, 0.15) is 31.0 Å². The molecule has 5 heteroatoms. The number of nitrogens with zero attached hydrogens (tertiary/aromatic N) is 2. The Morgan fingerprint density at radius 1 is 1.00 bits per heavy atom. The molecule has 1 aliphatic rings. The molecule has 0 unspecified atom stereocenters. The molecule has 0 radical (unpaired) electrons. The monoisotopic (exact) mass is 408 g/mol. The van der Waals surface area contributed by atoms with E-state index in [0.29, 0.717) is 5.57 Å². The molecule has 2 heterocycles. The van der Waals surface area contributed by atoms with E-state index >= 15 is 0 Å². The van der Waals surface area contributed by atoms with Crippen molar-refractivity contribution in [1.82, 2.24) is 9.55 Å². The summed E-state index contributed by atoms with van der Waals surface area (Å²) in [4.78, 5) is 18.3. The quantitative estimate of drug-likeness (QED) is 0.467. The number of allylic oxidation sites excluding steroid dienone is 1. The van der Waals surface area contributed by atoms with Gasteiger partial charge in [-0.3, -0.25) is 9.36 Å². The Labute approximate surface area is 181 Å². The maximum atomic E-state index is 13.5. The number of hydrogen-bond donors (Lipinski definition) is 2. The van der Waals surface area contributed by atoms with E-state index in [1.165, 1.54) is 5.56 Å². The highest BCUT2D eigenvalue weighted by Crippen LogP contribution is 2.39. The van der Waals surface area contributed by atoms with E-state index in [1.54, 1.807) is 0 Å². The number of nitrogens with one attached hydrogen (secondary N) is 2. The lowest BCUT2D eigenvalue weighted by atomic mass is 9.93. The fourth-order valence-corrected chi connectivity index (χ4v) is 4.23. The normalized spacial score (nSPS) is 15.5. The first kappa shape index (κ1) is 19.1. The number of benzene rings is 3. The Hall–Kier alpha value is -3.86. The van der Waals surface area contributed by atoms with Crippen LogP contribution in [0.25, 0.3) is 11.0 Å². The van der Waals surface area contributed by atoms with E-state index in [4.69, 9.17) is 4.98 Å². The van der Waals surface area contributed by atoms with Gasteiger partial charge in [0.15, 0.2) is 0 Å². The molecule has 0 spiro atoms. The van der Waals surface area contributed by atoms with Gasteiger partial charge in [-0.25, -0.2) is 4.98 Å². The largest absolute Gasteiger partial charge is 0.329 e. The van der Waals surface area contributed by atoms with Crippen molar-refractivity contribution < 1.29 is 4.79 Å². The number of fused-ring (bicyclic) bond motifs is 3. The highest BCUT2D eigenvalue weighted by Gasteiger charge is 2.34. The van der Waals surface area contributed by atoms with Gasteiger partial charge >= 0.3 is 0 Å². The smallest absolute Gasteiger partial charge is 0.255 e. The van der Waals surface area contributed by atoms with Crippen LogP contribution in [0.3, 0.4) is 0 Å². The topological polar surface area (TPSA) is 59.0 Å². The minimum absolute atomic E-state index is 0.121. The summed E-state index contributed by atoms with van der Waals surface area (Å²) >= 11 is 0. The number of hydrogen-bond acceptors (Lipinski definition) is 3. The zero-order valence-electron chi connectivity index (χ0n) is 17.6. The lowest BCUT2D eigenvalue weighted by Crippen LogP contribution is -2.30. The second-order valence-corrected chi connectivity index (χ2v) is 7.78. The number of anilines is 2. The molecule has 0 saturated carbocycles. The predicted molar refractivity (Wildman–Crippen MR) is 125 cm³/mol. The van der Waals surface area contributed by atoms with Gasteiger partial charge in [0.25, 0.3) is 5.91 Å². The second-order valence-electron chi connectivity index (χ2n) is 7.78. The van der Waals surface area contributed by atoms with E-state index < -0.39 is 0 Å². The highest BCUT2D eigenvalue weighted by atomic mass is 16.1. The zero-order valence-corrected chi connectivity index (χ0v) is 17.6. The van der Waals surface area contributed by atoms with Crippen LogP contribution in [0, 0.1) is 0 Å². The van der Waals surface area contributed by atoms with Crippen LogP contribution >= 0.6 is 0 Å². The molecule has 31 heavy (non-hydrogen) atoms. The van der Waals surface area contributed by atoms with Crippen LogP contribution in [0.2, 0.25) is 0 Å². The van der Waals surface area contributed by atoms with Crippen molar-refractivity contribution in [3.63, 3.8) is 0 Å². The summed E-state index contributed by atoms with van der Waals surface area (Å²) in [6, 6.07) is 25.8. The Kier molecular flexibility index (Phi) is 4.79. The van der Waals surface area contributed by atoms with Gasteiger partial charge in [-0.15, -0.1) is 0 Å². The Bertz CT molecular complexity index is 1290. The Morgan fingerprint density at radius 3 is 2.45 bits per heavy atom. The van der Waals surface area contributed by atoms with Gasteiger partial charge in [0, 0.05) is 11.4 Å². The molecule has 0 bridgehead atoms. The van der Waals surface area contributed by atoms with Crippen molar-refractivity contribution in [2.45, 2.75) is 26.3 Å². The van der Waals surface area contributed by atoms with Gasteiger partial charge < -0.3 is 10.6 Å². The molecule has 3 aromatic carbocycles. The van der Waals surface area contributed by atoms with Crippen LogP contribution in [-0.2, 0) is 11.2 Å². The summed E-state index contributed by atoms with van der Waals surface area (Å²) in [5.41, 5.74) is 6.48. The number of imidazole rings is 1. The van der Waals surface area contributed by atoms with Gasteiger partial charge in [0.05, 0.1) is 22.6 Å². The van der Waals surface area contributed by atoms with E-state index in [-0.39, 0.29) is 11.9 Å². The molecular formula is C26H24N4O. The average Bonchev–Trinajstić information content (AvgIpc) is 3.16. The van der Waals surface area contributed by atoms with Crippen molar-refractivity contribution >= 4 is 28.6 Å². The summed E-state index contributed by atoms with van der Waals surface area (Å²) < 4.78 is 2.13. The second kappa shape index (κ2) is 7.76. The van der Waals surface area contributed by atoms with Crippen LogP contribution < -0.4 is 10.6 Å². The first-order valence-corrected chi connectivity index (χ1v) is 10.6. The molecule has 0 saturated heterocycles. The van der Waals surface area contributed by atoms with Crippen molar-refractivity contribution in [3.8, 4) is 0 Å². The number of aromatic nitrogens is 2. The molecule has 1 aromatic heterocycles. The Balaban J connectivity index is 1.66. The van der Waals surface area contributed by atoms with Gasteiger partial charge in [-0.2, -0.15) is 0 Å². The standard InChI is InChI=1S/C26H24N4O/c1-3-18-13-15-19(16-14-18)24-23(25(31)28-20-9-5-4-6-10-20)17(2)27-26-29-21-11-7-8-12-22(21)30(24)26/h4-16,24H,3H2,1-2H3,(H,27,29)(H,28,31)/t24-/m1/s1. The van der Waals surface area contributed by atoms with Crippen LogP contribution in [-0.4, -0.2) is 15.5 Å². The summed E-state index contributed by atoms with van der Waals surface area (Å²) in [5, 5.41) is 6.42. The molecule has 0 fully saturated rings. The third-order valence-electron chi connectivity index (χ3n) is 5.81. The molecule has 0 aliphatic carbocycles. The number of carbonyl (C=O) groups is 1. The van der Waals surface area contributed by atoms with Gasteiger partial charge in [-0.1, -0.05) is 61.5 Å². The molecule has 1 amide bonds. The lowest BCUT2D eigenvalue weighted by Gasteiger charge is -2.31. The number of amides is 1. The summed E-state index contributed by atoms with van der Waals surface area (Å²) in [6.07, 6.45) is 0.974. The third-order valence-corrected chi connectivity index (χ3v) is 5.81. The van der Waals surface area contributed by atoms with Gasteiger partial charge in [-0.05, 0) is 48.7 Å². The highest BCUT2D eigenvalue weighted by molar-refractivity contribution is 6.06. The fourth-order valence-electron chi connectivity index (χ4n) is 4.23. The molecule has 1 aliphatic heterocycles. The lowest BCUT2D eigenvalue weighted by molar-refractivity contribution is -0.113. The SMILES string of the molecule is CCc1ccc([C@@H]2C(C(=O)Nc3ccccc3)=C(C)Nc3nc4ccccc4n32)cc1. The fraction of sp³-hybridized carbons (Fsp3) is 0.154. The molecular weight excluding hydrogens is 384 g/mol. The summed E-state index contributed by atoms with van der Waals surface area (Å²) in [5.74, 6) is 0.628.